The van der Waals surface area contributed by atoms with Gasteiger partial charge in [0, 0.05) is 38.6 Å². The van der Waals surface area contributed by atoms with Crippen LogP contribution in [0, 0.1) is 5.82 Å². The van der Waals surface area contributed by atoms with Crippen LogP contribution in [0.1, 0.15) is 42.9 Å². The molecule has 1 amide bonds. The number of para-hydroxylation sites is 1. The Hall–Kier alpha value is -2.40. The molecule has 2 aliphatic heterocycles. The molecule has 2 aliphatic rings. The van der Waals surface area contributed by atoms with Crippen molar-refractivity contribution >= 4 is 5.91 Å². The van der Waals surface area contributed by atoms with Crippen LogP contribution >= 0.6 is 0 Å². The number of hydrogen-bond donors (Lipinski definition) is 0. The van der Waals surface area contributed by atoms with E-state index in [0.29, 0.717) is 13.0 Å². The lowest BCUT2D eigenvalue weighted by Gasteiger charge is -2.39. The predicted octanol–water partition coefficient (Wildman–Crippen LogP) is 3.99. The first-order valence-corrected chi connectivity index (χ1v) is 10.1. The van der Waals surface area contributed by atoms with Crippen LogP contribution in [0.5, 0.6) is 5.75 Å². The lowest BCUT2D eigenvalue weighted by Crippen LogP contribution is -2.49. The lowest BCUT2D eigenvalue weighted by atomic mass is 9.90. The quantitative estimate of drug-likeness (QED) is 0.802. The molecule has 5 heteroatoms. The number of fused-ring (bicyclic) bond motifs is 1. The van der Waals surface area contributed by atoms with Gasteiger partial charge in [-0.15, -0.1) is 0 Å². The molecule has 0 saturated carbocycles. The SMILES string of the molecule is C[C@@H](c1cccc(F)c1)N1CCN(C(=O)C[C@@H]2CCOc3ccccc32)CC1. The minimum atomic E-state index is -0.199. The van der Waals surface area contributed by atoms with Gasteiger partial charge >= 0.3 is 0 Å². The van der Waals surface area contributed by atoms with Gasteiger partial charge in [-0.3, -0.25) is 9.69 Å². The van der Waals surface area contributed by atoms with E-state index >= 15 is 0 Å². The Bertz CT molecular complexity index is 833. The van der Waals surface area contributed by atoms with Gasteiger partial charge in [0.2, 0.25) is 5.91 Å². The summed E-state index contributed by atoms with van der Waals surface area (Å²) in [7, 11) is 0. The van der Waals surface area contributed by atoms with Crippen LogP contribution in [0.25, 0.3) is 0 Å². The maximum absolute atomic E-state index is 13.5. The van der Waals surface area contributed by atoms with Gasteiger partial charge in [-0.2, -0.15) is 0 Å². The number of carbonyl (C=O) groups excluding carboxylic acids is 1. The molecule has 1 saturated heterocycles. The highest BCUT2D eigenvalue weighted by Gasteiger charge is 2.29. The van der Waals surface area contributed by atoms with Gasteiger partial charge in [-0.05, 0) is 48.6 Å². The second kappa shape index (κ2) is 8.31. The van der Waals surface area contributed by atoms with E-state index in [1.165, 1.54) is 6.07 Å². The summed E-state index contributed by atoms with van der Waals surface area (Å²) in [6, 6.07) is 15.0. The van der Waals surface area contributed by atoms with Crippen molar-refractivity contribution in [3.8, 4) is 5.75 Å². The molecule has 2 atom stereocenters. The molecule has 0 aromatic heterocycles. The van der Waals surface area contributed by atoms with Gasteiger partial charge in [0.25, 0.3) is 0 Å². The summed E-state index contributed by atoms with van der Waals surface area (Å²) in [6.45, 7) is 5.85. The van der Waals surface area contributed by atoms with Crippen molar-refractivity contribution in [3.63, 3.8) is 0 Å². The molecule has 4 nitrogen and oxygen atoms in total. The Morgan fingerprint density at radius 1 is 1.14 bits per heavy atom. The third-order valence-electron chi connectivity index (χ3n) is 6.05. The predicted molar refractivity (Wildman–Crippen MR) is 107 cm³/mol. The normalized spacial score (nSPS) is 20.9. The molecule has 0 bridgehead atoms. The number of benzene rings is 2. The van der Waals surface area contributed by atoms with Gasteiger partial charge in [0.1, 0.15) is 11.6 Å². The van der Waals surface area contributed by atoms with Crippen molar-refractivity contribution in [2.24, 2.45) is 0 Å². The fraction of sp³-hybridized carbons (Fsp3) is 0.435. The van der Waals surface area contributed by atoms with Crippen LogP contribution < -0.4 is 4.74 Å². The zero-order valence-electron chi connectivity index (χ0n) is 16.3. The largest absolute Gasteiger partial charge is 0.493 e. The minimum absolute atomic E-state index is 0.148. The molecule has 0 unspecified atom stereocenters. The molecule has 148 valence electrons. The van der Waals surface area contributed by atoms with Crippen molar-refractivity contribution in [2.45, 2.75) is 31.7 Å². The van der Waals surface area contributed by atoms with Crippen LogP contribution in [0.3, 0.4) is 0 Å². The van der Waals surface area contributed by atoms with E-state index in [2.05, 4.69) is 17.9 Å². The van der Waals surface area contributed by atoms with E-state index in [4.69, 9.17) is 4.74 Å². The number of ether oxygens (including phenoxy) is 1. The van der Waals surface area contributed by atoms with Crippen LogP contribution in [0.15, 0.2) is 48.5 Å². The fourth-order valence-corrected chi connectivity index (χ4v) is 4.30. The van der Waals surface area contributed by atoms with E-state index in [1.54, 1.807) is 12.1 Å². The number of piperazine rings is 1. The zero-order chi connectivity index (χ0) is 19.5. The Balaban J connectivity index is 1.33. The van der Waals surface area contributed by atoms with Crippen molar-refractivity contribution in [1.82, 2.24) is 9.80 Å². The highest BCUT2D eigenvalue weighted by molar-refractivity contribution is 5.77. The maximum atomic E-state index is 13.5. The highest BCUT2D eigenvalue weighted by atomic mass is 19.1. The second-order valence-corrected chi connectivity index (χ2v) is 7.72. The van der Waals surface area contributed by atoms with E-state index in [0.717, 1.165) is 49.5 Å². The van der Waals surface area contributed by atoms with Gasteiger partial charge in [0.05, 0.1) is 6.61 Å². The smallest absolute Gasteiger partial charge is 0.223 e. The van der Waals surface area contributed by atoms with E-state index in [-0.39, 0.29) is 23.7 Å². The molecule has 2 aromatic rings. The standard InChI is InChI=1S/C23H27FN2O2/c1-17(18-5-4-6-20(24)15-18)25-10-12-26(13-11-25)23(27)16-19-9-14-28-22-8-3-2-7-21(19)22/h2-8,15,17,19H,9-14,16H2,1H3/t17-,19-/m0/s1. The number of hydrogen-bond acceptors (Lipinski definition) is 3. The van der Waals surface area contributed by atoms with Gasteiger partial charge < -0.3 is 9.64 Å². The summed E-state index contributed by atoms with van der Waals surface area (Å²) in [4.78, 5) is 17.2. The molecule has 0 spiro atoms. The second-order valence-electron chi connectivity index (χ2n) is 7.72. The molecule has 2 heterocycles. The maximum Gasteiger partial charge on any atom is 0.223 e. The molecular weight excluding hydrogens is 355 g/mol. The molecule has 0 aliphatic carbocycles. The summed E-state index contributed by atoms with van der Waals surface area (Å²) in [5.41, 5.74) is 2.14. The summed E-state index contributed by atoms with van der Waals surface area (Å²) in [5.74, 6) is 1.18. The highest BCUT2D eigenvalue weighted by Crippen LogP contribution is 2.36. The number of amides is 1. The van der Waals surface area contributed by atoms with Crippen molar-refractivity contribution in [3.05, 3.63) is 65.5 Å². The average Bonchev–Trinajstić information content (AvgIpc) is 2.73. The third-order valence-corrected chi connectivity index (χ3v) is 6.05. The average molecular weight is 382 g/mol. The zero-order valence-corrected chi connectivity index (χ0v) is 16.3. The lowest BCUT2D eigenvalue weighted by molar-refractivity contribution is -0.133. The third kappa shape index (κ3) is 4.04. The number of rotatable bonds is 4. The summed E-state index contributed by atoms with van der Waals surface area (Å²) in [6.07, 6.45) is 1.43. The Labute approximate surface area is 165 Å². The molecule has 28 heavy (non-hydrogen) atoms. The fourth-order valence-electron chi connectivity index (χ4n) is 4.30. The molecule has 0 radical (unpaired) electrons. The van der Waals surface area contributed by atoms with E-state index in [1.807, 2.05) is 29.2 Å². The van der Waals surface area contributed by atoms with Crippen LogP contribution in [0.2, 0.25) is 0 Å². The molecule has 1 fully saturated rings. The first-order valence-electron chi connectivity index (χ1n) is 10.1. The summed E-state index contributed by atoms with van der Waals surface area (Å²) >= 11 is 0. The topological polar surface area (TPSA) is 32.8 Å². The van der Waals surface area contributed by atoms with E-state index in [9.17, 15) is 9.18 Å². The number of carbonyl (C=O) groups is 1. The first-order chi connectivity index (χ1) is 13.6. The first kappa shape index (κ1) is 18.9. The molecule has 4 rings (SSSR count). The van der Waals surface area contributed by atoms with Gasteiger partial charge in [-0.1, -0.05) is 30.3 Å². The number of halogens is 1. The van der Waals surface area contributed by atoms with Crippen LogP contribution in [-0.4, -0.2) is 48.5 Å². The monoisotopic (exact) mass is 382 g/mol. The Kier molecular flexibility index (Phi) is 5.62. The van der Waals surface area contributed by atoms with Crippen molar-refractivity contribution in [2.75, 3.05) is 32.8 Å². The van der Waals surface area contributed by atoms with Crippen molar-refractivity contribution in [1.29, 1.82) is 0 Å². The molecular formula is C23H27FN2O2. The number of nitrogens with zero attached hydrogens (tertiary/aromatic N) is 2. The van der Waals surface area contributed by atoms with E-state index < -0.39 is 0 Å². The van der Waals surface area contributed by atoms with Gasteiger partial charge in [0.15, 0.2) is 0 Å². The van der Waals surface area contributed by atoms with Gasteiger partial charge in [-0.25, -0.2) is 4.39 Å². The van der Waals surface area contributed by atoms with Crippen LogP contribution in [-0.2, 0) is 4.79 Å². The Morgan fingerprint density at radius 2 is 1.93 bits per heavy atom. The Morgan fingerprint density at radius 3 is 2.71 bits per heavy atom. The van der Waals surface area contributed by atoms with Crippen LogP contribution in [0.4, 0.5) is 4.39 Å². The molecule has 0 N–H and O–H groups in total. The minimum Gasteiger partial charge on any atom is -0.493 e. The van der Waals surface area contributed by atoms with Crippen molar-refractivity contribution < 1.29 is 13.9 Å². The summed E-state index contributed by atoms with van der Waals surface area (Å²) in [5, 5.41) is 0. The summed E-state index contributed by atoms with van der Waals surface area (Å²) < 4.78 is 19.2. The molecule has 2 aromatic carbocycles.